The van der Waals surface area contributed by atoms with Gasteiger partial charge in [-0.2, -0.15) is 0 Å². The number of thiophene rings is 1. The van der Waals surface area contributed by atoms with E-state index in [-0.39, 0.29) is 0 Å². The maximum Gasteiger partial charge on any atom is 0.0411 e. The van der Waals surface area contributed by atoms with E-state index in [1.807, 2.05) is 11.3 Å². The Labute approximate surface area is 125 Å². The molecule has 3 rings (SSSR count). The molecule has 0 aliphatic carbocycles. The molecule has 1 fully saturated rings. The van der Waals surface area contributed by atoms with Crippen LogP contribution in [-0.2, 0) is 6.54 Å². The van der Waals surface area contributed by atoms with E-state index < -0.39 is 0 Å². The van der Waals surface area contributed by atoms with Crippen molar-refractivity contribution in [2.45, 2.75) is 32.4 Å². The Morgan fingerprint density at radius 3 is 2.70 bits per heavy atom. The zero-order valence-electron chi connectivity index (χ0n) is 12.0. The summed E-state index contributed by atoms with van der Waals surface area (Å²) in [5.74, 6) is 0. The highest BCUT2D eigenvalue weighted by atomic mass is 32.1. The number of hydrogen-bond donors (Lipinski definition) is 1. The van der Waals surface area contributed by atoms with Gasteiger partial charge in [0.05, 0.1) is 0 Å². The van der Waals surface area contributed by atoms with Crippen molar-refractivity contribution in [3.8, 4) is 0 Å². The van der Waals surface area contributed by atoms with Gasteiger partial charge in [0.1, 0.15) is 0 Å². The molecule has 1 atom stereocenters. The fourth-order valence-corrected chi connectivity index (χ4v) is 3.59. The van der Waals surface area contributed by atoms with Gasteiger partial charge in [0, 0.05) is 36.2 Å². The first-order valence-electron chi connectivity index (χ1n) is 7.44. The molecule has 106 valence electrons. The van der Waals surface area contributed by atoms with Crippen LogP contribution >= 0.6 is 11.3 Å². The maximum atomic E-state index is 3.65. The van der Waals surface area contributed by atoms with E-state index in [2.05, 4.69) is 58.9 Å². The van der Waals surface area contributed by atoms with E-state index >= 15 is 0 Å². The number of rotatable bonds is 5. The average molecular weight is 286 g/mol. The number of nitrogens with one attached hydrogen (secondary N) is 1. The van der Waals surface area contributed by atoms with Crippen LogP contribution in [0.2, 0.25) is 0 Å². The predicted octanol–water partition coefficient (Wildman–Crippen LogP) is 4.20. The second kappa shape index (κ2) is 6.42. The van der Waals surface area contributed by atoms with Crippen molar-refractivity contribution in [2.24, 2.45) is 0 Å². The zero-order valence-corrected chi connectivity index (χ0v) is 12.8. The molecule has 1 aliphatic rings. The molecule has 0 bridgehead atoms. The molecule has 1 unspecified atom stereocenters. The van der Waals surface area contributed by atoms with E-state index in [1.165, 1.54) is 42.1 Å². The van der Waals surface area contributed by atoms with Crippen LogP contribution < -0.4 is 10.2 Å². The smallest absolute Gasteiger partial charge is 0.0411 e. The Bertz CT molecular complexity index is 530. The molecule has 2 nitrogen and oxygen atoms in total. The molecule has 2 aromatic rings. The van der Waals surface area contributed by atoms with Gasteiger partial charge in [-0.3, -0.25) is 0 Å². The van der Waals surface area contributed by atoms with Crippen molar-refractivity contribution in [3.05, 3.63) is 52.2 Å². The summed E-state index contributed by atoms with van der Waals surface area (Å²) in [5.41, 5.74) is 2.83. The van der Waals surface area contributed by atoms with Crippen molar-refractivity contribution in [1.29, 1.82) is 0 Å². The van der Waals surface area contributed by atoms with Crippen molar-refractivity contribution in [2.75, 3.05) is 18.0 Å². The monoisotopic (exact) mass is 286 g/mol. The summed E-state index contributed by atoms with van der Waals surface area (Å²) < 4.78 is 0. The average Bonchev–Trinajstić information content (AvgIpc) is 3.17. The molecule has 20 heavy (non-hydrogen) atoms. The molecule has 0 spiro atoms. The van der Waals surface area contributed by atoms with Crippen LogP contribution in [0.15, 0.2) is 41.8 Å². The van der Waals surface area contributed by atoms with Crippen molar-refractivity contribution < 1.29 is 0 Å². The fourth-order valence-electron chi connectivity index (χ4n) is 2.83. The Morgan fingerprint density at radius 2 is 1.95 bits per heavy atom. The summed E-state index contributed by atoms with van der Waals surface area (Å²) in [4.78, 5) is 3.93. The maximum absolute atomic E-state index is 3.65. The third-order valence-electron chi connectivity index (χ3n) is 4.01. The molecule has 3 heteroatoms. The largest absolute Gasteiger partial charge is 0.371 e. The summed E-state index contributed by atoms with van der Waals surface area (Å²) in [6.45, 7) is 5.59. The van der Waals surface area contributed by atoms with E-state index in [9.17, 15) is 0 Å². The fraction of sp³-hybridized carbons (Fsp3) is 0.412. The Hall–Kier alpha value is -1.32. The van der Waals surface area contributed by atoms with E-state index in [0.717, 1.165) is 6.54 Å². The number of para-hydroxylation sites is 1. The number of benzene rings is 1. The van der Waals surface area contributed by atoms with Gasteiger partial charge in [0.15, 0.2) is 0 Å². The van der Waals surface area contributed by atoms with Crippen LogP contribution in [-0.4, -0.2) is 13.1 Å². The third-order valence-corrected chi connectivity index (χ3v) is 5.06. The standard InChI is InChI=1S/C17H22N2S/c1-14(17-9-6-12-20-17)18-13-15-7-2-3-8-16(15)19-10-4-5-11-19/h2-3,6-9,12,14,18H,4-5,10-11,13H2,1H3. The van der Waals surface area contributed by atoms with Gasteiger partial charge >= 0.3 is 0 Å². The van der Waals surface area contributed by atoms with Gasteiger partial charge in [-0.1, -0.05) is 24.3 Å². The van der Waals surface area contributed by atoms with Gasteiger partial charge < -0.3 is 10.2 Å². The van der Waals surface area contributed by atoms with E-state index in [1.54, 1.807) is 0 Å². The lowest BCUT2D eigenvalue weighted by molar-refractivity contribution is 0.582. The van der Waals surface area contributed by atoms with Gasteiger partial charge in [-0.25, -0.2) is 0 Å². The highest BCUT2D eigenvalue weighted by Crippen LogP contribution is 2.25. The number of hydrogen-bond acceptors (Lipinski definition) is 3. The minimum Gasteiger partial charge on any atom is -0.371 e. The van der Waals surface area contributed by atoms with Crippen LogP contribution in [0.3, 0.4) is 0 Å². The molecule has 1 saturated heterocycles. The normalized spacial score (nSPS) is 16.6. The quantitative estimate of drug-likeness (QED) is 0.886. The first-order valence-corrected chi connectivity index (χ1v) is 8.32. The lowest BCUT2D eigenvalue weighted by Crippen LogP contribution is -2.22. The topological polar surface area (TPSA) is 15.3 Å². The lowest BCUT2D eigenvalue weighted by atomic mass is 10.1. The number of nitrogens with zero attached hydrogens (tertiary/aromatic N) is 1. The second-order valence-electron chi connectivity index (χ2n) is 5.44. The summed E-state index contributed by atoms with van der Waals surface area (Å²) in [6, 6.07) is 13.6. The van der Waals surface area contributed by atoms with Crippen molar-refractivity contribution >= 4 is 17.0 Å². The molecule has 0 amide bonds. The molecule has 1 aromatic carbocycles. The van der Waals surface area contributed by atoms with Gasteiger partial charge in [0.25, 0.3) is 0 Å². The van der Waals surface area contributed by atoms with Gasteiger partial charge in [-0.05, 0) is 42.8 Å². The zero-order chi connectivity index (χ0) is 13.8. The Morgan fingerprint density at radius 1 is 1.15 bits per heavy atom. The summed E-state index contributed by atoms with van der Waals surface area (Å²) in [5, 5.41) is 5.79. The predicted molar refractivity (Wildman–Crippen MR) is 87.5 cm³/mol. The van der Waals surface area contributed by atoms with Crippen LogP contribution in [0.5, 0.6) is 0 Å². The minimum absolute atomic E-state index is 0.418. The lowest BCUT2D eigenvalue weighted by Gasteiger charge is -2.22. The number of anilines is 1. The Balaban J connectivity index is 1.68. The minimum atomic E-state index is 0.418. The second-order valence-corrected chi connectivity index (χ2v) is 6.42. The van der Waals surface area contributed by atoms with Crippen LogP contribution in [0, 0.1) is 0 Å². The molecule has 1 aromatic heterocycles. The first kappa shape index (κ1) is 13.7. The van der Waals surface area contributed by atoms with Crippen LogP contribution in [0.4, 0.5) is 5.69 Å². The van der Waals surface area contributed by atoms with Crippen LogP contribution in [0.25, 0.3) is 0 Å². The van der Waals surface area contributed by atoms with Crippen LogP contribution in [0.1, 0.15) is 36.2 Å². The molecule has 1 N–H and O–H groups in total. The summed E-state index contributed by atoms with van der Waals surface area (Å²) >= 11 is 1.82. The highest BCUT2D eigenvalue weighted by molar-refractivity contribution is 7.10. The highest BCUT2D eigenvalue weighted by Gasteiger charge is 2.15. The van der Waals surface area contributed by atoms with E-state index in [4.69, 9.17) is 0 Å². The molecule has 0 saturated carbocycles. The molecular formula is C17H22N2S. The van der Waals surface area contributed by atoms with Crippen molar-refractivity contribution in [3.63, 3.8) is 0 Å². The van der Waals surface area contributed by atoms with Gasteiger partial charge in [-0.15, -0.1) is 11.3 Å². The van der Waals surface area contributed by atoms with E-state index in [0.29, 0.717) is 6.04 Å². The first-order chi connectivity index (χ1) is 9.84. The van der Waals surface area contributed by atoms with Crippen molar-refractivity contribution in [1.82, 2.24) is 5.32 Å². The Kier molecular flexibility index (Phi) is 4.38. The molecular weight excluding hydrogens is 264 g/mol. The summed E-state index contributed by atoms with van der Waals surface area (Å²) in [7, 11) is 0. The third kappa shape index (κ3) is 3.05. The molecule has 2 heterocycles. The SMILES string of the molecule is CC(NCc1ccccc1N1CCCC1)c1cccs1. The van der Waals surface area contributed by atoms with Gasteiger partial charge in [0.2, 0.25) is 0 Å². The summed E-state index contributed by atoms with van der Waals surface area (Å²) in [6.07, 6.45) is 2.65. The molecule has 0 radical (unpaired) electrons. The molecule has 1 aliphatic heterocycles.